The lowest BCUT2D eigenvalue weighted by atomic mass is 9.99. The molecule has 4 nitrogen and oxygen atoms in total. The van der Waals surface area contributed by atoms with E-state index in [9.17, 15) is 0 Å². The zero-order chi connectivity index (χ0) is 15.7. The molecule has 1 rings (SSSR count). The van der Waals surface area contributed by atoms with E-state index in [1.807, 2.05) is 14.0 Å². The van der Waals surface area contributed by atoms with Gasteiger partial charge in [0.2, 0.25) is 0 Å². The Morgan fingerprint density at radius 3 is 2.76 bits per heavy atom. The zero-order valence-electron chi connectivity index (χ0n) is 14.1. The van der Waals surface area contributed by atoms with Crippen LogP contribution in [0.2, 0.25) is 0 Å². The molecule has 1 N–H and O–H groups in total. The van der Waals surface area contributed by atoms with Crippen molar-refractivity contribution in [1.82, 2.24) is 15.2 Å². The van der Waals surface area contributed by atoms with Gasteiger partial charge in [0.1, 0.15) is 0 Å². The highest BCUT2D eigenvalue weighted by atomic mass is 32.1. The molecule has 0 saturated carbocycles. The zero-order valence-corrected chi connectivity index (χ0v) is 15.0. The third kappa shape index (κ3) is 6.46. The SMILES string of the molecule is CCCCC(CC)CNC(=NC)N(C)Cc1csc(C)n1. The number of nitrogens with zero attached hydrogens (tertiary/aromatic N) is 3. The fourth-order valence-electron chi connectivity index (χ4n) is 2.36. The van der Waals surface area contributed by atoms with Crippen molar-refractivity contribution >= 4 is 17.3 Å². The molecule has 120 valence electrons. The van der Waals surface area contributed by atoms with Crippen LogP contribution >= 0.6 is 11.3 Å². The van der Waals surface area contributed by atoms with Crippen molar-refractivity contribution in [2.45, 2.75) is 53.0 Å². The van der Waals surface area contributed by atoms with E-state index in [4.69, 9.17) is 0 Å². The van der Waals surface area contributed by atoms with Crippen LogP contribution in [0.15, 0.2) is 10.4 Å². The molecule has 5 heteroatoms. The summed E-state index contributed by atoms with van der Waals surface area (Å²) in [6.45, 7) is 8.37. The maximum atomic E-state index is 4.51. The van der Waals surface area contributed by atoms with Crippen LogP contribution in [0.3, 0.4) is 0 Å². The highest BCUT2D eigenvalue weighted by Gasteiger charge is 2.11. The molecule has 0 spiro atoms. The Kier molecular flexibility index (Phi) is 8.35. The number of aliphatic imine (C=N–C) groups is 1. The Bertz CT molecular complexity index is 428. The van der Waals surface area contributed by atoms with Crippen molar-refractivity contribution in [2.75, 3.05) is 20.6 Å². The Morgan fingerprint density at radius 1 is 1.48 bits per heavy atom. The average Bonchev–Trinajstić information content (AvgIpc) is 2.88. The molecule has 0 aliphatic rings. The molecule has 0 aromatic carbocycles. The van der Waals surface area contributed by atoms with Gasteiger partial charge in [-0.1, -0.05) is 33.1 Å². The molecule has 0 bridgehead atoms. The standard InChI is InChI=1S/C16H30N4S/c1-6-8-9-14(7-2)10-18-16(17-4)20(5)11-15-12-21-13(3)19-15/h12,14H,6-11H2,1-5H3,(H,17,18). The first-order valence-electron chi connectivity index (χ1n) is 7.93. The van der Waals surface area contributed by atoms with Crippen LogP contribution in [0.25, 0.3) is 0 Å². The topological polar surface area (TPSA) is 40.5 Å². The molecule has 0 aliphatic heterocycles. The minimum absolute atomic E-state index is 0.733. The van der Waals surface area contributed by atoms with Gasteiger partial charge in [-0.15, -0.1) is 11.3 Å². The van der Waals surface area contributed by atoms with Gasteiger partial charge in [0.25, 0.3) is 0 Å². The van der Waals surface area contributed by atoms with E-state index in [0.29, 0.717) is 0 Å². The number of guanidine groups is 1. The molecule has 21 heavy (non-hydrogen) atoms. The van der Waals surface area contributed by atoms with Crippen molar-refractivity contribution < 1.29 is 0 Å². The van der Waals surface area contributed by atoms with Gasteiger partial charge in [-0.2, -0.15) is 0 Å². The van der Waals surface area contributed by atoms with Crippen molar-refractivity contribution in [2.24, 2.45) is 10.9 Å². The molecule has 0 fully saturated rings. The Balaban J connectivity index is 2.46. The summed E-state index contributed by atoms with van der Waals surface area (Å²) in [4.78, 5) is 11.0. The minimum Gasteiger partial charge on any atom is -0.356 e. The lowest BCUT2D eigenvalue weighted by molar-refractivity contribution is 0.420. The highest BCUT2D eigenvalue weighted by molar-refractivity contribution is 7.09. The summed E-state index contributed by atoms with van der Waals surface area (Å²) in [6.07, 6.45) is 5.10. The lowest BCUT2D eigenvalue weighted by Crippen LogP contribution is -2.40. The summed E-state index contributed by atoms with van der Waals surface area (Å²) in [5.74, 6) is 1.69. The minimum atomic E-state index is 0.733. The molecule has 1 atom stereocenters. The number of thiazole rings is 1. The van der Waals surface area contributed by atoms with Crippen LogP contribution in [0.4, 0.5) is 0 Å². The van der Waals surface area contributed by atoms with E-state index in [0.717, 1.165) is 35.7 Å². The molecule has 1 unspecified atom stereocenters. The number of hydrogen-bond acceptors (Lipinski definition) is 3. The highest BCUT2D eigenvalue weighted by Crippen LogP contribution is 2.12. The molecule has 1 heterocycles. The number of aryl methyl sites for hydroxylation is 1. The van der Waals surface area contributed by atoms with Gasteiger partial charge in [-0.05, 0) is 19.3 Å². The fourth-order valence-corrected chi connectivity index (χ4v) is 2.97. The number of nitrogens with one attached hydrogen (secondary N) is 1. The molecule has 0 radical (unpaired) electrons. The monoisotopic (exact) mass is 310 g/mol. The fraction of sp³-hybridized carbons (Fsp3) is 0.750. The van der Waals surface area contributed by atoms with Crippen molar-refractivity contribution in [3.05, 3.63) is 16.1 Å². The maximum absolute atomic E-state index is 4.51. The normalized spacial score (nSPS) is 13.3. The Labute approximate surface area is 133 Å². The van der Waals surface area contributed by atoms with E-state index < -0.39 is 0 Å². The first-order chi connectivity index (χ1) is 10.1. The molecule has 0 aliphatic carbocycles. The summed E-state index contributed by atoms with van der Waals surface area (Å²) in [5, 5.41) is 6.75. The second kappa shape index (κ2) is 9.77. The van der Waals surface area contributed by atoms with E-state index in [1.54, 1.807) is 11.3 Å². The number of aromatic nitrogens is 1. The van der Waals surface area contributed by atoms with Gasteiger partial charge >= 0.3 is 0 Å². The van der Waals surface area contributed by atoms with E-state index in [-0.39, 0.29) is 0 Å². The molecular formula is C16H30N4S. The third-order valence-corrected chi connectivity index (χ3v) is 4.55. The maximum Gasteiger partial charge on any atom is 0.193 e. The van der Waals surface area contributed by atoms with Crippen LogP contribution in [0.5, 0.6) is 0 Å². The average molecular weight is 311 g/mol. The molecule has 1 aromatic heterocycles. The van der Waals surface area contributed by atoms with Gasteiger partial charge in [0, 0.05) is 26.0 Å². The lowest BCUT2D eigenvalue weighted by Gasteiger charge is -2.23. The van der Waals surface area contributed by atoms with Crippen LogP contribution in [-0.4, -0.2) is 36.5 Å². The predicted octanol–water partition coefficient (Wildman–Crippen LogP) is 3.68. The summed E-state index contributed by atoms with van der Waals surface area (Å²) in [5.41, 5.74) is 1.11. The van der Waals surface area contributed by atoms with Crippen molar-refractivity contribution in [3.8, 4) is 0 Å². The van der Waals surface area contributed by atoms with Crippen LogP contribution in [0, 0.1) is 12.8 Å². The smallest absolute Gasteiger partial charge is 0.193 e. The Hall–Kier alpha value is -1.10. The molecule has 1 aromatic rings. The van der Waals surface area contributed by atoms with Crippen LogP contribution in [0.1, 0.15) is 50.2 Å². The van der Waals surface area contributed by atoms with E-state index in [1.165, 1.54) is 25.7 Å². The second-order valence-electron chi connectivity index (χ2n) is 5.56. The summed E-state index contributed by atoms with van der Waals surface area (Å²) >= 11 is 1.70. The van der Waals surface area contributed by atoms with E-state index >= 15 is 0 Å². The first kappa shape index (κ1) is 18.0. The number of rotatable bonds is 8. The van der Waals surface area contributed by atoms with Gasteiger partial charge in [0.05, 0.1) is 17.2 Å². The molecular weight excluding hydrogens is 280 g/mol. The predicted molar refractivity (Wildman–Crippen MR) is 93.0 cm³/mol. The molecule has 0 saturated heterocycles. The quantitative estimate of drug-likeness (QED) is 0.588. The summed E-state index contributed by atoms with van der Waals surface area (Å²) < 4.78 is 0. The molecule has 0 amide bonds. The van der Waals surface area contributed by atoms with Gasteiger partial charge in [-0.3, -0.25) is 4.99 Å². The second-order valence-corrected chi connectivity index (χ2v) is 6.62. The number of hydrogen-bond donors (Lipinski definition) is 1. The van der Waals surface area contributed by atoms with Crippen LogP contribution in [-0.2, 0) is 6.54 Å². The third-order valence-electron chi connectivity index (χ3n) is 3.73. The van der Waals surface area contributed by atoms with Crippen molar-refractivity contribution in [3.63, 3.8) is 0 Å². The Morgan fingerprint density at radius 2 is 2.24 bits per heavy atom. The van der Waals surface area contributed by atoms with Gasteiger partial charge < -0.3 is 10.2 Å². The van der Waals surface area contributed by atoms with Gasteiger partial charge in [-0.25, -0.2) is 4.98 Å². The van der Waals surface area contributed by atoms with Crippen molar-refractivity contribution in [1.29, 1.82) is 0 Å². The number of unbranched alkanes of at least 4 members (excludes halogenated alkanes) is 1. The summed E-state index contributed by atoms with van der Waals surface area (Å²) in [6, 6.07) is 0. The van der Waals surface area contributed by atoms with Gasteiger partial charge in [0.15, 0.2) is 5.96 Å². The first-order valence-corrected chi connectivity index (χ1v) is 8.81. The van der Waals surface area contributed by atoms with Crippen LogP contribution < -0.4 is 5.32 Å². The largest absolute Gasteiger partial charge is 0.356 e. The summed E-state index contributed by atoms with van der Waals surface area (Å²) in [7, 11) is 3.91. The van der Waals surface area contributed by atoms with E-state index in [2.05, 4.69) is 46.5 Å².